The Hall–Kier alpha value is 0.0700. The van der Waals surface area contributed by atoms with Gasteiger partial charge in [-0.2, -0.15) is 0 Å². The van der Waals surface area contributed by atoms with Gasteiger partial charge in [-0.3, -0.25) is 4.21 Å². The monoisotopic (exact) mass is 530 g/mol. The Morgan fingerprint density at radius 3 is 1.06 bits per heavy atom. The van der Waals surface area contributed by atoms with Gasteiger partial charge >= 0.3 is 0 Å². The summed E-state index contributed by atoms with van der Waals surface area (Å²) >= 11 is 0. The summed E-state index contributed by atoms with van der Waals surface area (Å²) in [7, 11) is -1.22. The SMILES string of the molecule is CCCCCCCCCCC(O)C(CC(C)C)S(=O)C(CC(C)C)C(O)CCCCCCCCCC. The van der Waals surface area contributed by atoms with Gasteiger partial charge in [0.15, 0.2) is 0 Å². The van der Waals surface area contributed by atoms with Gasteiger partial charge in [0.25, 0.3) is 0 Å². The van der Waals surface area contributed by atoms with E-state index in [4.69, 9.17) is 0 Å². The van der Waals surface area contributed by atoms with Crippen molar-refractivity contribution in [3.05, 3.63) is 0 Å². The number of hydrogen-bond donors (Lipinski definition) is 2. The van der Waals surface area contributed by atoms with Gasteiger partial charge in [0.2, 0.25) is 0 Å². The first-order valence-corrected chi connectivity index (χ1v) is 17.3. The van der Waals surface area contributed by atoms with Gasteiger partial charge in [-0.1, -0.05) is 144 Å². The fourth-order valence-electron chi connectivity index (χ4n) is 5.31. The van der Waals surface area contributed by atoms with Crippen LogP contribution >= 0.6 is 0 Å². The highest BCUT2D eigenvalue weighted by Crippen LogP contribution is 2.27. The lowest BCUT2D eigenvalue weighted by atomic mass is 9.99. The molecule has 0 saturated heterocycles. The van der Waals surface area contributed by atoms with Crippen LogP contribution in [-0.4, -0.2) is 37.1 Å². The van der Waals surface area contributed by atoms with E-state index in [1.165, 1.54) is 77.0 Å². The second-order valence-electron chi connectivity index (χ2n) is 12.3. The van der Waals surface area contributed by atoms with Gasteiger partial charge in [0.05, 0.1) is 22.7 Å². The molecule has 0 aliphatic carbocycles. The average Bonchev–Trinajstić information content (AvgIpc) is 2.83. The van der Waals surface area contributed by atoms with E-state index in [1.54, 1.807) is 0 Å². The van der Waals surface area contributed by atoms with E-state index in [0.29, 0.717) is 11.8 Å². The molecule has 0 aromatic carbocycles. The largest absolute Gasteiger partial charge is 0.392 e. The van der Waals surface area contributed by atoms with Gasteiger partial charge < -0.3 is 10.2 Å². The second kappa shape index (κ2) is 24.1. The molecule has 218 valence electrons. The Morgan fingerprint density at radius 2 is 0.778 bits per heavy atom. The summed E-state index contributed by atoms with van der Waals surface area (Å²) in [6, 6.07) is 0. The van der Waals surface area contributed by atoms with Crippen LogP contribution in [0.25, 0.3) is 0 Å². The van der Waals surface area contributed by atoms with Crippen LogP contribution < -0.4 is 0 Å². The summed E-state index contributed by atoms with van der Waals surface area (Å²) in [5.41, 5.74) is 0. The highest BCUT2D eigenvalue weighted by Gasteiger charge is 2.35. The fourth-order valence-corrected chi connectivity index (χ4v) is 7.80. The van der Waals surface area contributed by atoms with Crippen molar-refractivity contribution >= 4 is 10.8 Å². The topological polar surface area (TPSA) is 57.5 Å². The highest BCUT2D eigenvalue weighted by molar-refractivity contribution is 7.86. The smallest absolute Gasteiger partial charge is 0.0683 e. The van der Waals surface area contributed by atoms with E-state index in [2.05, 4.69) is 41.5 Å². The summed E-state index contributed by atoms with van der Waals surface area (Å²) in [4.78, 5) is 0. The van der Waals surface area contributed by atoms with Crippen LogP contribution in [0.15, 0.2) is 0 Å². The minimum absolute atomic E-state index is 0.230. The van der Waals surface area contributed by atoms with E-state index in [0.717, 1.165) is 51.4 Å². The molecule has 3 nitrogen and oxygen atoms in total. The first kappa shape index (κ1) is 36.1. The molecular formula is C32H66O3S. The van der Waals surface area contributed by atoms with Crippen LogP contribution in [0.3, 0.4) is 0 Å². The van der Waals surface area contributed by atoms with Crippen molar-refractivity contribution in [3.8, 4) is 0 Å². The molecule has 0 aromatic heterocycles. The van der Waals surface area contributed by atoms with E-state index >= 15 is 0 Å². The summed E-state index contributed by atoms with van der Waals surface area (Å²) in [5, 5.41) is 21.8. The molecule has 0 amide bonds. The molecule has 0 aliphatic rings. The van der Waals surface area contributed by atoms with Gasteiger partial charge in [0, 0.05) is 10.8 Å². The first-order chi connectivity index (χ1) is 17.2. The Kier molecular flexibility index (Phi) is 24.2. The number of aliphatic hydroxyl groups is 2. The van der Waals surface area contributed by atoms with Gasteiger partial charge in [-0.25, -0.2) is 0 Å². The molecule has 0 heterocycles. The lowest BCUT2D eigenvalue weighted by Gasteiger charge is -2.31. The molecule has 36 heavy (non-hydrogen) atoms. The Bertz CT molecular complexity index is 452. The quantitative estimate of drug-likeness (QED) is 0.110. The van der Waals surface area contributed by atoms with Crippen LogP contribution in [0.5, 0.6) is 0 Å². The lowest BCUT2D eigenvalue weighted by molar-refractivity contribution is 0.137. The Balaban J connectivity index is 4.77. The van der Waals surface area contributed by atoms with Gasteiger partial charge in [-0.15, -0.1) is 0 Å². The van der Waals surface area contributed by atoms with Crippen LogP contribution in [-0.2, 0) is 10.8 Å². The maximum absolute atomic E-state index is 13.9. The molecule has 4 heteroatoms. The third-order valence-electron chi connectivity index (χ3n) is 7.57. The van der Waals surface area contributed by atoms with Crippen LogP contribution in [0.2, 0.25) is 0 Å². The van der Waals surface area contributed by atoms with E-state index in [9.17, 15) is 14.4 Å². The van der Waals surface area contributed by atoms with Crippen molar-refractivity contribution in [2.45, 2.75) is 193 Å². The number of hydrogen-bond acceptors (Lipinski definition) is 3. The normalized spacial score (nSPS) is 16.4. The van der Waals surface area contributed by atoms with Gasteiger partial charge in [-0.05, 0) is 37.5 Å². The summed E-state index contributed by atoms with van der Waals surface area (Å²) in [6.07, 6.45) is 21.9. The zero-order chi connectivity index (χ0) is 27.2. The van der Waals surface area contributed by atoms with Crippen molar-refractivity contribution in [1.29, 1.82) is 0 Å². The average molecular weight is 531 g/mol. The Labute approximate surface area is 229 Å². The summed E-state index contributed by atoms with van der Waals surface area (Å²) < 4.78 is 13.9. The first-order valence-electron chi connectivity index (χ1n) is 16.0. The standard InChI is InChI=1S/C32H66O3S/c1-7-9-11-13-15-17-19-21-23-29(33)31(25-27(3)4)36(35)32(26-28(5)6)30(34)24-22-20-18-16-14-12-10-8-2/h27-34H,7-26H2,1-6H3. The third kappa shape index (κ3) is 19.2. The number of unbranched alkanes of at least 4 members (excludes halogenated alkanes) is 14. The molecule has 0 aromatic rings. The maximum Gasteiger partial charge on any atom is 0.0683 e. The number of aliphatic hydroxyl groups excluding tert-OH is 2. The maximum atomic E-state index is 13.9. The zero-order valence-corrected chi connectivity index (χ0v) is 26.1. The molecule has 2 N–H and O–H groups in total. The number of rotatable bonds is 26. The molecular weight excluding hydrogens is 464 g/mol. The van der Waals surface area contributed by atoms with Gasteiger partial charge in [0.1, 0.15) is 0 Å². The second-order valence-corrected chi connectivity index (χ2v) is 14.2. The van der Waals surface area contributed by atoms with E-state index in [1.807, 2.05) is 0 Å². The Morgan fingerprint density at radius 1 is 0.500 bits per heavy atom. The van der Waals surface area contributed by atoms with Crippen LogP contribution in [0.1, 0.15) is 170 Å². The van der Waals surface area contributed by atoms with Crippen molar-refractivity contribution in [2.75, 3.05) is 0 Å². The highest BCUT2D eigenvalue weighted by atomic mass is 32.2. The van der Waals surface area contributed by atoms with Crippen molar-refractivity contribution in [3.63, 3.8) is 0 Å². The molecule has 0 aliphatic heterocycles. The summed E-state index contributed by atoms with van der Waals surface area (Å²) in [6.45, 7) is 13.1. The molecule has 0 spiro atoms. The predicted molar refractivity (Wildman–Crippen MR) is 161 cm³/mol. The fraction of sp³-hybridized carbons (Fsp3) is 1.00. The zero-order valence-electron chi connectivity index (χ0n) is 25.3. The third-order valence-corrected chi connectivity index (χ3v) is 9.78. The van der Waals surface area contributed by atoms with E-state index in [-0.39, 0.29) is 10.5 Å². The summed E-state index contributed by atoms with van der Waals surface area (Å²) in [5.74, 6) is 0.772. The van der Waals surface area contributed by atoms with Crippen molar-refractivity contribution < 1.29 is 14.4 Å². The molecule has 0 bridgehead atoms. The molecule has 0 radical (unpaired) electrons. The molecule has 0 fully saturated rings. The van der Waals surface area contributed by atoms with Crippen LogP contribution in [0.4, 0.5) is 0 Å². The molecule has 4 unspecified atom stereocenters. The van der Waals surface area contributed by atoms with Crippen molar-refractivity contribution in [2.24, 2.45) is 11.8 Å². The van der Waals surface area contributed by atoms with Crippen molar-refractivity contribution in [1.82, 2.24) is 0 Å². The molecule has 0 rings (SSSR count). The minimum atomic E-state index is -1.22. The lowest BCUT2D eigenvalue weighted by Crippen LogP contribution is -2.42. The molecule has 4 atom stereocenters. The molecule has 0 saturated carbocycles. The predicted octanol–water partition coefficient (Wildman–Crippen LogP) is 9.35. The van der Waals surface area contributed by atoms with E-state index < -0.39 is 23.0 Å². The van der Waals surface area contributed by atoms with Crippen LogP contribution in [0, 0.1) is 11.8 Å². The minimum Gasteiger partial charge on any atom is -0.392 e.